The average Bonchev–Trinajstić information content (AvgIpc) is 2.52. The van der Waals surface area contributed by atoms with Crippen LogP contribution < -0.4 is 5.32 Å². The molecular weight excluding hydrogens is 298 g/mol. The van der Waals surface area contributed by atoms with Crippen molar-refractivity contribution in [2.24, 2.45) is 0 Å². The summed E-state index contributed by atoms with van der Waals surface area (Å²) in [5.41, 5.74) is 1.19. The zero-order valence-corrected chi connectivity index (χ0v) is 12.7. The molecule has 1 saturated heterocycles. The van der Waals surface area contributed by atoms with Crippen LogP contribution in [0.15, 0.2) is 54.6 Å². The highest BCUT2D eigenvalue weighted by molar-refractivity contribution is 6.02. The minimum absolute atomic E-state index is 0. The van der Waals surface area contributed by atoms with Gasteiger partial charge < -0.3 is 10.1 Å². The van der Waals surface area contributed by atoms with Gasteiger partial charge in [-0.15, -0.1) is 12.4 Å². The Hall–Kier alpha value is -2.26. The van der Waals surface area contributed by atoms with Crippen LogP contribution in [0.25, 0.3) is 21.5 Å². The van der Waals surface area contributed by atoms with Crippen LogP contribution >= 0.6 is 12.4 Å². The van der Waals surface area contributed by atoms with E-state index in [0.717, 1.165) is 6.42 Å². The molecule has 112 valence electrons. The molecular formula is C18H16ClNO2. The van der Waals surface area contributed by atoms with Gasteiger partial charge in [0.15, 0.2) is 0 Å². The molecule has 1 aliphatic heterocycles. The third-order valence-electron chi connectivity index (χ3n) is 4.09. The van der Waals surface area contributed by atoms with Crippen LogP contribution in [0.4, 0.5) is 4.79 Å². The van der Waals surface area contributed by atoms with Crippen molar-refractivity contribution in [1.82, 2.24) is 5.32 Å². The van der Waals surface area contributed by atoms with Crippen molar-refractivity contribution in [2.75, 3.05) is 6.61 Å². The summed E-state index contributed by atoms with van der Waals surface area (Å²) >= 11 is 0. The van der Waals surface area contributed by atoms with Crippen LogP contribution in [0, 0.1) is 0 Å². The number of ether oxygens (including phenoxy) is 1. The van der Waals surface area contributed by atoms with Gasteiger partial charge in [-0.25, -0.2) is 4.79 Å². The number of cyclic esters (lactones) is 1. The molecule has 0 bridgehead atoms. The van der Waals surface area contributed by atoms with Crippen LogP contribution in [0.2, 0.25) is 0 Å². The molecule has 3 aromatic rings. The van der Waals surface area contributed by atoms with E-state index in [-0.39, 0.29) is 24.5 Å². The number of hydrogen-bond donors (Lipinski definition) is 1. The van der Waals surface area contributed by atoms with Crippen LogP contribution in [0.1, 0.15) is 18.0 Å². The van der Waals surface area contributed by atoms with E-state index in [9.17, 15) is 4.79 Å². The zero-order chi connectivity index (χ0) is 14.2. The van der Waals surface area contributed by atoms with E-state index >= 15 is 0 Å². The molecule has 1 amide bonds. The van der Waals surface area contributed by atoms with Crippen molar-refractivity contribution in [3.8, 4) is 0 Å². The lowest BCUT2D eigenvalue weighted by atomic mass is 9.91. The number of benzene rings is 3. The second-order valence-electron chi connectivity index (χ2n) is 5.35. The molecule has 1 aliphatic rings. The van der Waals surface area contributed by atoms with Crippen LogP contribution in [0.3, 0.4) is 0 Å². The maximum atomic E-state index is 11.6. The van der Waals surface area contributed by atoms with Gasteiger partial charge >= 0.3 is 6.09 Å². The Labute approximate surface area is 134 Å². The zero-order valence-electron chi connectivity index (χ0n) is 11.9. The molecule has 4 heteroatoms. The maximum absolute atomic E-state index is 11.6. The van der Waals surface area contributed by atoms with E-state index in [1.807, 2.05) is 24.3 Å². The van der Waals surface area contributed by atoms with Crippen molar-refractivity contribution < 1.29 is 9.53 Å². The Bertz CT molecular complexity index is 793. The molecule has 1 fully saturated rings. The SMILES string of the molecule is Cl.O=C1N[C@@H](c2c3ccccc3cc3ccccc23)CCO1. The van der Waals surface area contributed by atoms with Crippen molar-refractivity contribution in [1.29, 1.82) is 0 Å². The number of alkyl carbamates (subject to hydrolysis) is 1. The molecule has 0 aromatic heterocycles. The molecule has 22 heavy (non-hydrogen) atoms. The smallest absolute Gasteiger partial charge is 0.407 e. The maximum Gasteiger partial charge on any atom is 0.407 e. The fourth-order valence-electron chi connectivity index (χ4n) is 3.17. The summed E-state index contributed by atoms with van der Waals surface area (Å²) < 4.78 is 5.00. The fourth-order valence-corrected chi connectivity index (χ4v) is 3.17. The summed E-state index contributed by atoms with van der Waals surface area (Å²) in [6, 6.07) is 18.9. The quantitative estimate of drug-likeness (QED) is 0.667. The molecule has 0 saturated carbocycles. The highest BCUT2D eigenvalue weighted by atomic mass is 35.5. The number of rotatable bonds is 1. The van der Waals surface area contributed by atoms with Crippen LogP contribution in [-0.4, -0.2) is 12.7 Å². The average molecular weight is 314 g/mol. The molecule has 1 heterocycles. The van der Waals surface area contributed by atoms with E-state index in [0.29, 0.717) is 6.61 Å². The molecule has 0 unspecified atom stereocenters. The number of carbonyl (C=O) groups is 1. The van der Waals surface area contributed by atoms with Gasteiger partial charge in [-0.1, -0.05) is 48.5 Å². The lowest BCUT2D eigenvalue weighted by molar-refractivity contribution is 0.116. The summed E-state index contributed by atoms with van der Waals surface area (Å²) in [6.45, 7) is 0.466. The summed E-state index contributed by atoms with van der Waals surface area (Å²) in [5, 5.41) is 7.75. The number of fused-ring (bicyclic) bond motifs is 2. The van der Waals surface area contributed by atoms with E-state index in [2.05, 4.69) is 35.6 Å². The lowest BCUT2D eigenvalue weighted by Crippen LogP contribution is -2.35. The lowest BCUT2D eigenvalue weighted by Gasteiger charge is -2.26. The van der Waals surface area contributed by atoms with Crippen molar-refractivity contribution in [2.45, 2.75) is 12.5 Å². The van der Waals surface area contributed by atoms with E-state index < -0.39 is 0 Å². The summed E-state index contributed by atoms with van der Waals surface area (Å²) in [6.07, 6.45) is 0.465. The summed E-state index contributed by atoms with van der Waals surface area (Å²) in [4.78, 5) is 11.6. The summed E-state index contributed by atoms with van der Waals surface area (Å²) in [7, 11) is 0. The first-order valence-corrected chi connectivity index (χ1v) is 7.16. The Morgan fingerprint density at radius 3 is 2.14 bits per heavy atom. The van der Waals surface area contributed by atoms with E-state index in [1.54, 1.807) is 0 Å². The highest BCUT2D eigenvalue weighted by Gasteiger charge is 2.24. The van der Waals surface area contributed by atoms with Gasteiger partial charge in [0.25, 0.3) is 0 Å². The first kappa shape index (κ1) is 14.7. The normalized spacial score (nSPS) is 17.6. The van der Waals surface area contributed by atoms with Gasteiger partial charge in [-0.2, -0.15) is 0 Å². The van der Waals surface area contributed by atoms with E-state index in [4.69, 9.17) is 4.74 Å². The van der Waals surface area contributed by atoms with Gasteiger partial charge in [0.05, 0.1) is 12.6 Å². The number of halogens is 1. The molecule has 3 nitrogen and oxygen atoms in total. The topological polar surface area (TPSA) is 38.3 Å². The van der Waals surface area contributed by atoms with Crippen LogP contribution in [0.5, 0.6) is 0 Å². The minimum atomic E-state index is -0.330. The van der Waals surface area contributed by atoms with Gasteiger partial charge in [0, 0.05) is 6.42 Å². The molecule has 4 rings (SSSR count). The predicted octanol–water partition coefficient (Wildman–Crippen LogP) is 4.59. The van der Waals surface area contributed by atoms with Crippen molar-refractivity contribution in [3.63, 3.8) is 0 Å². The first-order chi connectivity index (χ1) is 10.3. The third kappa shape index (κ3) is 2.38. The number of hydrogen-bond acceptors (Lipinski definition) is 2. The van der Waals surface area contributed by atoms with Gasteiger partial charge in [-0.05, 0) is 33.2 Å². The Kier molecular flexibility index (Phi) is 3.90. The molecule has 0 aliphatic carbocycles. The van der Waals surface area contributed by atoms with Gasteiger partial charge in [0.2, 0.25) is 0 Å². The highest BCUT2D eigenvalue weighted by Crippen LogP contribution is 2.35. The van der Waals surface area contributed by atoms with Crippen LogP contribution in [-0.2, 0) is 4.74 Å². The number of amides is 1. The second kappa shape index (κ2) is 5.85. The van der Waals surface area contributed by atoms with Crippen molar-refractivity contribution in [3.05, 3.63) is 60.2 Å². The Morgan fingerprint density at radius 1 is 0.955 bits per heavy atom. The number of nitrogens with one attached hydrogen (secondary N) is 1. The largest absolute Gasteiger partial charge is 0.449 e. The number of carbonyl (C=O) groups excluding carboxylic acids is 1. The predicted molar refractivity (Wildman–Crippen MR) is 90.5 cm³/mol. The second-order valence-corrected chi connectivity index (χ2v) is 5.35. The molecule has 0 radical (unpaired) electrons. The standard InChI is InChI=1S/C18H15NO2.ClH/c20-18-19-16(9-10-21-18)17-14-7-3-1-5-12(14)11-13-6-2-4-8-15(13)17;/h1-8,11,16H,9-10H2,(H,19,20);1H/t16-;/m1./s1. The first-order valence-electron chi connectivity index (χ1n) is 7.16. The Morgan fingerprint density at radius 2 is 1.55 bits per heavy atom. The van der Waals surface area contributed by atoms with E-state index in [1.165, 1.54) is 27.1 Å². The Balaban J connectivity index is 0.00000144. The third-order valence-corrected chi connectivity index (χ3v) is 4.09. The minimum Gasteiger partial charge on any atom is -0.449 e. The monoisotopic (exact) mass is 313 g/mol. The molecule has 1 atom stereocenters. The van der Waals surface area contributed by atoms with Gasteiger partial charge in [-0.3, -0.25) is 0 Å². The van der Waals surface area contributed by atoms with Crippen molar-refractivity contribution >= 4 is 40.0 Å². The molecule has 0 spiro atoms. The molecule has 3 aromatic carbocycles. The fraction of sp³-hybridized carbons (Fsp3) is 0.167. The molecule has 1 N–H and O–H groups in total. The summed E-state index contributed by atoms with van der Waals surface area (Å²) in [5.74, 6) is 0. The van der Waals surface area contributed by atoms with Gasteiger partial charge in [0.1, 0.15) is 0 Å².